The number of fused-ring (bicyclic) bond motifs is 5. The maximum absolute atomic E-state index is 14.1. The van der Waals surface area contributed by atoms with Crippen LogP contribution in [0.25, 0.3) is 50.1 Å². The van der Waals surface area contributed by atoms with Crippen molar-refractivity contribution in [1.29, 1.82) is 0 Å². The van der Waals surface area contributed by atoms with E-state index in [0.29, 0.717) is 23.0 Å². The number of benzene rings is 3. The number of para-hydroxylation sites is 2. The van der Waals surface area contributed by atoms with Gasteiger partial charge < -0.3 is 30.1 Å². The van der Waals surface area contributed by atoms with Gasteiger partial charge in [0.2, 0.25) is 5.91 Å². The van der Waals surface area contributed by atoms with Crippen LogP contribution in [0.5, 0.6) is 0 Å². The molecule has 2 bridgehead atoms. The first-order valence-corrected chi connectivity index (χ1v) is 16.0. The molecule has 6 aromatic rings. The topological polar surface area (TPSA) is 124 Å². The van der Waals surface area contributed by atoms with Gasteiger partial charge in [0.15, 0.2) is 0 Å². The van der Waals surface area contributed by atoms with Crippen LogP contribution in [0.2, 0.25) is 0 Å². The van der Waals surface area contributed by atoms with Crippen molar-refractivity contribution in [2.24, 2.45) is 5.92 Å². The molecule has 10 nitrogen and oxygen atoms in total. The molecule has 9 rings (SSSR count). The molecular formula is C36H36N8O2. The van der Waals surface area contributed by atoms with Gasteiger partial charge in [0.1, 0.15) is 17.2 Å². The molecule has 3 aromatic heterocycles. The number of aromatic nitrogens is 5. The first-order valence-electron chi connectivity index (χ1n) is 16.0. The Bertz CT molecular complexity index is 2140. The molecule has 3 saturated heterocycles. The lowest BCUT2D eigenvalue weighted by Gasteiger charge is -2.45. The molecule has 3 aliphatic heterocycles. The number of aromatic amines is 2. The number of amides is 1. The molecule has 3 aromatic carbocycles. The summed E-state index contributed by atoms with van der Waals surface area (Å²) in [7, 11) is 0. The zero-order chi connectivity index (χ0) is 31.4. The zero-order valence-electron chi connectivity index (χ0n) is 25.9. The van der Waals surface area contributed by atoms with E-state index in [2.05, 4.69) is 48.0 Å². The van der Waals surface area contributed by atoms with Crippen LogP contribution in [-0.4, -0.2) is 61.0 Å². The van der Waals surface area contributed by atoms with Crippen LogP contribution in [0.1, 0.15) is 32.5 Å². The summed E-state index contributed by atoms with van der Waals surface area (Å²) in [6.07, 6.45) is 6.78. The minimum atomic E-state index is -0.206. The standard InChI is InChI=1S/C36H36N8O2/c1-3-32-37-13-16-44(32)31-19-29-26(18-25(31)23-7-6-8-24(17-23)38-21(2)45)34(39-30-20-43-14-11-22(30)12-15-43)33(36(46)42-29)35-40-27-9-4-5-10-28(27)41-35/h4-10,13,16-19,22,30H,3,11-12,14-15,20H2,1-2H3,(H,38,45)(H,40,41)(H2,39,42,46)/t30-/m0/s1. The summed E-state index contributed by atoms with van der Waals surface area (Å²) in [5.74, 6) is 1.85. The minimum absolute atomic E-state index is 0.129. The molecule has 1 atom stereocenters. The number of H-pyrrole nitrogens is 2. The maximum Gasteiger partial charge on any atom is 0.261 e. The summed E-state index contributed by atoms with van der Waals surface area (Å²) >= 11 is 0. The van der Waals surface area contributed by atoms with Crippen molar-refractivity contribution in [2.45, 2.75) is 39.2 Å². The second-order valence-electron chi connectivity index (χ2n) is 12.4. The van der Waals surface area contributed by atoms with E-state index in [0.717, 1.165) is 89.2 Å². The Morgan fingerprint density at radius 1 is 1.02 bits per heavy atom. The SMILES string of the molecule is CCc1nccn1-c1cc2[nH]c(=O)c(-c3nc4ccccc4[nH]3)c(N[C@H]3CN4CCC3CC4)c2cc1-c1cccc(NC(C)=O)c1. The summed E-state index contributed by atoms with van der Waals surface area (Å²) in [5, 5.41) is 7.72. The average molecular weight is 613 g/mol. The number of hydrogen-bond donors (Lipinski definition) is 4. The molecule has 0 saturated carbocycles. The highest BCUT2D eigenvalue weighted by Crippen LogP contribution is 2.40. The predicted octanol–water partition coefficient (Wildman–Crippen LogP) is 5.95. The van der Waals surface area contributed by atoms with Crippen molar-refractivity contribution in [2.75, 3.05) is 30.3 Å². The Morgan fingerprint density at radius 3 is 2.63 bits per heavy atom. The zero-order valence-corrected chi connectivity index (χ0v) is 25.9. The lowest BCUT2D eigenvalue weighted by atomic mass is 9.83. The fraction of sp³-hybridized carbons (Fsp3) is 0.278. The third-order valence-corrected chi connectivity index (χ3v) is 9.53. The van der Waals surface area contributed by atoms with Crippen LogP contribution < -0.4 is 16.2 Å². The number of pyridine rings is 1. The van der Waals surface area contributed by atoms with Crippen LogP contribution in [-0.2, 0) is 11.2 Å². The van der Waals surface area contributed by atoms with Gasteiger partial charge in [0, 0.05) is 55.0 Å². The number of carbonyl (C=O) groups excluding carboxylic acids is 1. The monoisotopic (exact) mass is 612 g/mol. The van der Waals surface area contributed by atoms with Gasteiger partial charge in [-0.3, -0.25) is 9.59 Å². The number of rotatable bonds is 7. The van der Waals surface area contributed by atoms with Gasteiger partial charge >= 0.3 is 0 Å². The van der Waals surface area contributed by atoms with Crippen molar-refractivity contribution >= 4 is 39.2 Å². The number of nitrogens with one attached hydrogen (secondary N) is 4. The molecule has 3 aliphatic rings. The van der Waals surface area contributed by atoms with E-state index in [-0.39, 0.29) is 17.5 Å². The lowest BCUT2D eigenvalue weighted by Crippen LogP contribution is -2.53. The number of imidazole rings is 2. The minimum Gasteiger partial charge on any atom is -0.379 e. The quantitative estimate of drug-likeness (QED) is 0.177. The third kappa shape index (κ3) is 4.95. The Morgan fingerprint density at radius 2 is 1.87 bits per heavy atom. The molecule has 4 N–H and O–H groups in total. The molecule has 232 valence electrons. The van der Waals surface area contributed by atoms with Gasteiger partial charge in [0.25, 0.3) is 5.56 Å². The van der Waals surface area contributed by atoms with Gasteiger partial charge in [-0.1, -0.05) is 31.2 Å². The smallest absolute Gasteiger partial charge is 0.261 e. The van der Waals surface area contributed by atoms with E-state index in [1.807, 2.05) is 60.8 Å². The summed E-state index contributed by atoms with van der Waals surface area (Å²) in [4.78, 5) is 44.7. The van der Waals surface area contributed by atoms with Gasteiger partial charge in [-0.05, 0) is 73.8 Å². The van der Waals surface area contributed by atoms with E-state index in [1.54, 1.807) is 6.20 Å². The second-order valence-corrected chi connectivity index (χ2v) is 12.4. The van der Waals surface area contributed by atoms with Gasteiger partial charge in [-0.25, -0.2) is 9.97 Å². The fourth-order valence-corrected chi connectivity index (χ4v) is 7.31. The van der Waals surface area contributed by atoms with E-state index in [1.165, 1.54) is 6.92 Å². The van der Waals surface area contributed by atoms with Crippen molar-refractivity contribution in [3.05, 3.63) is 89.2 Å². The number of hydrogen-bond acceptors (Lipinski definition) is 6. The number of aryl methyl sites for hydroxylation is 1. The molecule has 0 unspecified atom stereocenters. The van der Waals surface area contributed by atoms with Gasteiger partial charge in [-0.15, -0.1) is 0 Å². The summed E-state index contributed by atoms with van der Waals surface area (Å²) in [5.41, 5.74) is 6.98. The van der Waals surface area contributed by atoms with E-state index in [4.69, 9.17) is 4.98 Å². The highest BCUT2D eigenvalue weighted by molar-refractivity contribution is 6.03. The summed E-state index contributed by atoms with van der Waals surface area (Å²) < 4.78 is 2.08. The fourth-order valence-electron chi connectivity index (χ4n) is 7.31. The highest BCUT2D eigenvalue weighted by atomic mass is 16.1. The van der Waals surface area contributed by atoms with Crippen LogP contribution in [0.4, 0.5) is 11.4 Å². The average Bonchev–Trinajstić information content (AvgIpc) is 3.72. The molecule has 6 heterocycles. The van der Waals surface area contributed by atoms with Crippen LogP contribution in [0, 0.1) is 5.92 Å². The first kappa shape index (κ1) is 28.3. The lowest BCUT2D eigenvalue weighted by molar-refractivity contribution is -0.114. The molecule has 10 heteroatoms. The van der Waals surface area contributed by atoms with Crippen molar-refractivity contribution in [1.82, 2.24) is 29.4 Å². The third-order valence-electron chi connectivity index (χ3n) is 9.53. The maximum atomic E-state index is 14.1. The van der Waals surface area contributed by atoms with Crippen molar-refractivity contribution < 1.29 is 4.79 Å². The molecule has 1 amide bonds. The Balaban J connectivity index is 1.40. The van der Waals surface area contributed by atoms with Crippen LogP contribution >= 0.6 is 0 Å². The predicted molar refractivity (Wildman–Crippen MR) is 182 cm³/mol. The Hall–Kier alpha value is -5.22. The molecule has 0 aliphatic carbocycles. The molecule has 0 spiro atoms. The summed E-state index contributed by atoms with van der Waals surface area (Å²) in [6, 6.07) is 20.1. The molecule has 46 heavy (non-hydrogen) atoms. The molecule has 3 fully saturated rings. The molecular weight excluding hydrogens is 576 g/mol. The van der Waals surface area contributed by atoms with Gasteiger partial charge in [-0.2, -0.15) is 0 Å². The second kappa shape index (κ2) is 11.3. The van der Waals surface area contributed by atoms with Crippen molar-refractivity contribution in [3.8, 4) is 28.2 Å². The van der Waals surface area contributed by atoms with E-state index in [9.17, 15) is 9.59 Å². The summed E-state index contributed by atoms with van der Waals surface area (Å²) in [6.45, 7) is 6.78. The van der Waals surface area contributed by atoms with Crippen LogP contribution in [0.15, 0.2) is 77.9 Å². The number of nitrogens with zero attached hydrogens (tertiary/aromatic N) is 4. The number of carbonyl (C=O) groups is 1. The van der Waals surface area contributed by atoms with Crippen molar-refractivity contribution in [3.63, 3.8) is 0 Å². The van der Waals surface area contributed by atoms with Crippen LogP contribution in [0.3, 0.4) is 0 Å². The number of piperidine rings is 3. The number of anilines is 2. The Kier molecular flexibility index (Phi) is 6.94. The normalized spacial score (nSPS) is 19.1. The van der Waals surface area contributed by atoms with Gasteiger partial charge in [0.05, 0.1) is 27.9 Å². The van der Waals surface area contributed by atoms with E-state index >= 15 is 0 Å². The molecule has 0 radical (unpaired) electrons. The Labute approximate surface area is 265 Å². The first-order chi connectivity index (χ1) is 22.4. The highest BCUT2D eigenvalue weighted by Gasteiger charge is 2.35. The van der Waals surface area contributed by atoms with E-state index < -0.39 is 0 Å². The largest absolute Gasteiger partial charge is 0.379 e.